The molecule has 0 bridgehead atoms. The summed E-state index contributed by atoms with van der Waals surface area (Å²) in [6.45, 7) is 0. The van der Waals surface area contributed by atoms with E-state index in [0.717, 1.165) is 0 Å². The molecule has 0 aromatic carbocycles. The number of hydrogen-bond acceptors (Lipinski definition) is 9. The van der Waals surface area contributed by atoms with Crippen molar-refractivity contribution in [1.82, 2.24) is 5.32 Å². The molecule has 20 heavy (non-hydrogen) atoms. The molecule has 1 N–H and O–H groups in total. The molecule has 1 atom stereocenters. The number of carbonyl (C=O) groups excluding carboxylic acids is 4. The zero-order chi connectivity index (χ0) is 12.9. The Bertz CT molecular complexity index is 325. The number of carboxylic acid groups (broad SMARTS) is 4. The minimum Gasteiger partial charge on any atom is -0.550 e. The predicted octanol–water partition coefficient (Wildman–Crippen LogP) is -19.3. The SMILES string of the molecule is O=C([O-])C[C@H](NC(C(=O)[O-])C(=O)[O-])C(=O)[O-].[Na+].[Na+].[Na+].[Na+]. The molecule has 0 heterocycles. The smallest absolute Gasteiger partial charge is 0.550 e. The van der Waals surface area contributed by atoms with E-state index in [1.165, 1.54) is 5.32 Å². The van der Waals surface area contributed by atoms with Crippen molar-refractivity contribution in [1.29, 1.82) is 0 Å². The molecule has 0 saturated heterocycles. The van der Waals surface area contributed by atoms with Gasteiger partial charge in [0.15, 0.2) is 0 Å². The van der Waals surface area contributed by atoms with Gasteiger partial charge in [0.1, 0.15) is 0 Å². The molecule has 0 radical (unpaired) electrons. The van der Waals surface area contributed by atoms with E-state index in [1.54, 1.807) is 0 Å². The van der Waals surface area contributed by atoms with Crippen LogP contribution in [0.1, 0.15) is 6.42 Å². The summed E-state index contributed by atoms with van der Waals surface area (Å²) < 4.78 is 0. The van der Waals surface area contributed by atoms with Gasteiger partial charge in [-0.05, 0) is 0 Å². The van der Waals surface area contributed by atoms with Crippen LogP contribution in [0, 0.1) is 0 Å². The average molecular weight is 323 g/mol. The molecular weight excluding hydrogens is 318 g/mol. The van der Waals surface area contributed by atoms with Crippen LogP contribution < -0.4 is 144 Å². The van der Waals surface area contributed by atoms with Crippen LogP contribution in [0.25, 0.3) is 0 Å². The van der Waals surface area contributed by atoms with Crippen LogP contribution in [0.15, 0.2) is 0 Å². The van der Waals surface area contributed by atoms with Crippen LogP contribution in [-0.4, -0.2) is 36.0 Å². The fourth-order valence-electron chi connectivity index (χ4n) is 0.810. The van der Waals surface area contributed by atoms with Gasteiger partial charge in [0.25, 0.3) is 0 Å². The standard InChI is InChI=1S/C7H9NO8.4Na/c9-3(10)1-2(5(11)12)8-4(6(13)14)7(15)16;;;;/h2,4,8H,1H2,(H,9,10)(H,11,12)(H,13,14)(H,15,16);;;;/q;4*+1/p-4/t2-;;;;/m0..../s1. The fraction of sp³-hybridized carbons (Fsp3) is 0.429. The summed E-state index contributed by atoms with van der Waals surface area (Å²) >= 11 is 0. The number of carboxylic acids is 4. The number of rotatable bonds is 7. The normalized spacial score (nSPS) is 9.65. The van der Waals surface area contributed by atoms with Crippen LogP contribution in [0.5, 0.6) is 0 Å². The Labute approximate surface area is 202 Å². The van der Waals surface area contributed by atoms with Crippen LogP contribution in [0.3, 0.4) is 0 Å². The molecule has 0 rings (SSSR count). The van der Waals surface area contributed by atoms with Crippen LogP contribution in [0.4, 0.5) is 0 Å². The summed E-state index contributed by atoms with van der Waals surface area (Å²) in [6, 6.07) is -4.49. The third-order valence-corrected chi connectivity index (χ3v) is 1.49. The molecule has 0 aliphatic carbocycles. The Morgan fingerprint density at radius 2 is 1.10 bits per heavy atom. The van der Waals surface area contributed by atoms with Gasteiger partial charge in [-0.3, -0.25) is 5.32 Å². The molecule has 0 aliphatic heterocycles. The second kappa shape index (κ2) is 17.2. The first-order valence-corrected chi connectivity index (χ1v) is 3.84. The van der Waals surface area contributed by atoms with Crippen LogP contribution >= 0.6 is 0 Å². The molecule has 0 saturated carbocycles. The second-order valence-corrected chi connectivity index (χ2v) is 2.69. The Balaban J connectivity index is -0.000000187. The Hall–Kier alpha value is 1.84. The van der Waals surface area contributed by atoms with Gasteiger partial charge in [-0.1, -0.05) is 0 Å². The predicted molar refractivity (Wildman–Crippen MR) is 35.4 cm³/mol. The first kappa shape index (κ1) is 33.4. The molecule has 0 unspecified atom stereocenters. The van der Waals surface area contributed by atoms with Gasteiger partial charge in [0.05, 0.1) is 30.0 Å². The average Bonchev–Trinajstić information content (AvgIpc) is 2.09. The van der Waals surface area contributed by atoms with E-state index in [9.17, 15) is 39.6 Å². The van der Waals surface area contributed by atoms with Crippen LogP contribution in [-0.2, 0) is 19.2 Å². The van der Waals surface area contributed by atoms with Gasteiger partial charge in [-0.15, -0.1) is 0 Å². The van der Waals surface area contributed by atoms with E-state index < -0.39 is 42.4 Å². The molecule has 0 fully saturated rings. The molecule has 13 heteroatoms. The number of hydrogen-bond donors (Lipinski definition) is 1. The summed E-state index contributed by atoms with van der Waals surface area (Å²) in [5, 5.41) is 42.3. The van der Waals surface area contributed by atoms with E-state index in [-0.39, 0.29) is 118 Å². The van der Waals surface area contributed by atoms with E-state index in [1.807, 2.05) is 0 Å². The first-order chi connectivity index (χ1) is 7.25. The Morgan fingerprint density at radius 1 is 0.750 bits per heavy atom. The Kier molecular flexibility index (Phi) is 28.8. The topological polar surface area (TPSA) is 173 Å². The fourth-order valence-corrected chi connectivity index (χ4v) is 0.810. The van der Waals surface area contributed by atoms with Crippen molar-refractivity contribution in [3.8, 4) is 0 Å². The molecule has 0 aromatic rings. The summed E-state index contributed by atoms with van der Waals surface area (Å²) in [4.78, 5) is 40.8. The van der Waals surface area contributed by atoms with E-state index in [2.05, 4.69) is 0 Å². The molecule has 0 amide bonds. The third-order valence-electron chi connectivity index (χ3n) is 1.49. The van der Waals surface area contributed by atoms with Crippen molar-refractivity contribution in [2.24, 2.45) is 0 Å². The molecule has 9 nitrogen and oxygen atoms in total. The minimum absolute atomic E-state index is 0. The molecule has 0 aliphatic rings. The summed E-state index contributed by atoms with van der Waals surface area (Å²) in [5.41, 5.74) is 0. The third kappa shape index (κ3) is 14.8. The van der Waals surface area contributed by atoms with Crippen molar-refractivity contribution in [3.63, 3.8) is 0 Å². The second-order valence-electron chi connectivity index (χ2n) is 2.69. The monoisotopic (exact) mass is 323 g/mol. The molecule has 90 valence electrons. The zero-order valence-electron chi connectivity index (χ0n) is 11.6. The molecule has 0 spiro atoms. The quantitative estimate of drug-likeness (QED) is 0.352. The van der Waals surface area contributed by atoms with E-state index in [4.69, 9.17) is 0 Å². The summed E-state index contributed by atoms with van der Waals surface area (Å²) in [7, 11) is 0. The Morgan fingerprint density at radius 3 is 1.30 bits per heavy atom. The van der Waals surface area contributed by atoms with Crippen molar-refractivity contribution in [2.75, 3.05) is 0 Å². The largest absolute Gasteiger partial charge is 1.00 e. The van der Waals surface area contributed by atoms with Crippen molar-refractivity contribution in [2.45, 2.75) is 18.5 Å². The van der Waals surface area contributed by atoms with Gasteiger partial charge in [0, 0.05) is 12.4 Å². The molecule has 0 aromatic heterocycles. The zero-order valence-corrected chi connectivity index (χ0v) is 19.6. The van der Waals surface area contributed by atoms with Gasteiger partial charge in [0.2, 0.25) is 0 Å². The van der Waals surface area contributed by atoms with E-state index in [0.29, 0.717) is 0 Å². The van der Waals surface area contributed by atoms with Gasteiger partial charge < -0.3 is 39.6 Å². The van der Waals surface area contributed by atoms with Gasteiger partial charge in [-0.25, -0.2) is 0 Å². The molecular formula is C7H5NNa4O8. The van der Waals surface area contributed by atoms with Gasteiger partial charge in [-0.2, -0.15) is 0 Å². The summed E-state index contributed by atoms with van der Waals surface area (Å²) in [6.07, 6.45) is -1.15. The maximum absolute atomic E-state index is 10.3. The maximum atomic E-state index is 10.3. The van der Waals surface area contributed by atoms with Crippen LogP contribution in [0.2, 0.25) is 0 Å². The number of aliphatic carboxylic acids is 4. The van der Waals surface area contributed by atoms with E-state index >= 15 is 0 Å². The number of nitrogens with one attached hydrogen (secondary N) is 1. The number of carbonyl (C=O) groups is 4. The van der Waals surface area contributed by atoms with Crippen molar-refractivity contribution in [3.05, 3.63) is 0 Å². The first-order valence-electron chi connectivity index (χ1n) is 3.84. The minimum atomic E-state index is -2.46. The van der Waals surface area contributed by atoms with Crippen molar-refractivity contribution >= 4 is 23.9 Å². The maximum Gasteiger partial charge on any atom is 1.00 e. The summed E-state index contributed by atoms with van der Waals surface area (Å²) in [5.74, 6) is -8.14. The van der Waals surface area contributed by atoms with Gasteiger partial charge >= 0.3 is 118 Å². The van der Waals surface area contributed by atoms with Crippen molar-refractivity contribution < 1.29 is 158 Å².